The van der Waals surface area contributed by atoms with Gasteiger partial charge in [0.15, 0.2) is 11.5 Å². The Balaban J connectivity index is 1.11. The van der Waals surface area contributed by atoms with Crippen molar-refractivity contribution in [3.63, 3.8) is 0 Å². The second-order valence-electron chi connectivity index (χ2n) is 13.1. The number of fused-ring (bicyclic) bond motifs is 3. The maximum absolute atomic E-state index is 12.8. The number of aromatic carboxylic acids is 1. The van der Waals surface area contributed by atoms with Crippen LogP contribution >= 0.6 is 0 Å². The van der Waals surface area contributed by atoms with Crippen molar-refractivity contribution in [3.8, 4) is 0 Å². The summed E-state index contributed by atoms with van der Waals surface area (Å²) in [5.74, 6) is 0.685. The summed E-state index contributed by atoms with van der Waals surface area (Å²) in [5, 5.41) is 17.1. The minimum Gasteiger partial charge on any atom is -0.476 e. The fourth-order valence-corrected chi connectivity index (χ4v) is 7.71. The van der Waals surface area contributed by atoms with Crippen LogP contribution in [0.15, 0.2) is 54.6 Å². The number of aryl methyl sites for hydroxylation is 1. The van der Waals surface area contributed by atoms with Crippen molar-refractivity contribution in [2.45, 2.75) is 89.0 Å². The van der Waals surface area contributed by atoms with Crippen LogP contribution in [0.3, 0.4) is 0 Å². The number of aromatic nitrogens is 4. The van der Waals surface area contributed by atoms with Gasteiger partial charge >= 0.3 is 12.1 Å². The van der Waals surface area contributed by atoms with Gasteiger partial charge in [-0.2, -0.15) is 0 Å². The number of carboxylic acid groups (broad SMARTS) is 1. The Hall–Kier alpha value is -4.51. The third-order valence-corrected chi connectivity index (χ3v) is 10.1. The summed E-state index contributed by atoms with van der Waals surface area (Å²) in [7, 11) is 1.44. The molecule has 11 heteroatoms. The number of ether oxygens (including phenoxy) is 2. The number of nitrogens with zero attached hydrogens (tertiary/aromatic N) is 6. The molecular weight excluding hydrogens is 596 g/mol. The normalized spacial score (nSPS) is 21.9. The predicted molar refractivity (Wildman–Crippen MR) is 178 cm³/mol. The van der Waals surface area contributed by atoms with Crippen molar-refractivity contribution >= 4 is 34.6 Å². The van der Waals surface area contributed by atoms with Crippen LogP contribution in [-0.2, 0) is 22.3 Å². The molecule has 47 heavy (non-hydrogen) atoms. The number of methoxy groups -OCH3 is 1. The zero-order valence-electron chi connectivity index (χ0n) is 27.0. The van der Waals surface area contributed by atoms with Gasteiger partial charge < -0.3 is 24.0 Å². The van der Waals surface area contributed by atoms with E-state index in [1.807, 2.05) is 6.07 Å². The number of carboxylic acids is 1. The highest BCUT2D eigenvalue weighted by molar-refractivity contribution is 5.95. The molecule has 3 aliphatic rings. The highest BCUT2D eigenvalue weighted by atomic mass is 16.5. The molecule has 0 spiro atoms. The average Bonchev–Trinajstić information content (AvgIpc) is 3.47. The van der Waals surface area contributed by atoms with E-state index in [0.29, 0.717) is 5.82 Å². The molecule has 1 saturated carbocycles. The minimum atomic E-state index is -1.07. The molecule has 2 aromatic carbocycles. The number of benzene rings is 2. The first-order valence-electron chi connectivity index (χ1n) is 16.8. The van der Waals surface area contributed by atoms with Gasteiger partial charge in [-0.15, -0.1) is 10.2 Å². The fourth-order valence-electron chi connectivity index (χ4n) is 7.71. The third kappa shape index (κ3) is 6.28. The smallest absolute Gasteiger partial charge is 0.414 e. The molecule has 2 aromatic heterocycles. The van der Waals surface area contributed by atoms with Crippen molar-refractivity contribution in [3.05, 3.63) is 77.2 Å². The van der Waals surface area contributed by atoms with E-state index in [4.69, 9.17) is 19.6 Å². The molecule has 1 N–H and O–H groups in total. The van der Waals surface area contributed by atoms with Crippen LogP contribution in [0.4, 0.5) is 16.3 Å². The molecule has 1 aliphatic carbocycles. The Labute approximate surface area is 274 Å². The van der Waals surface area contributed by atoms with Crippen molar-refractivity contribution < 1.29 is 24.2 Å². The second kappa shape index (κ2) is 13.3. The van der Waals surface area contributed by atoms with Gasteiger partial charge in [0.2, 0.25) is 0 Å². The largest absolute Gasteiger partial charge is 0.476 e. The van der Waals surface area contributed by atoms with Gasteiger partial charge in [-0.25, -0.2) is 14.6 Å². The van der Waals surface area contributed by atoms with Crippen molar-refractivity contribution in [1.82, 2.24) is 19.7 Å². The van der Waals surface area contributed by atoms with Gasteiger partial charge in [0, 0.05) is 37.2 Å². The second-order valence-corrected chi connectivity index (χ2v) is 13.1. The average molecular weight is 639 g/mol. The summed E-state index contributed by atoms with van der Waals surface area (Å²) in [5.41, 5.74) is 5.32. The van der Waals surface area contributed by atoms with Crippen LogP contribution in [0.5, 0.6) is 0 Å². The molecule has 1 amide bonds. The molecule has 4 heterocycles. The van der Waals surface area contributed by atoms with Crippen molar-refractivity contribution in [1.29, 1.82) is 0 Å². The number of piperidine rings is 1. The molecule has 2 aliphatic heterocycles. The molecule has 3 atom stereocenters. The third-order valence-electron chi connectivity index (χ3n) is 10.1. The van der Waals surface area contributed by atoms with Gasteiger partial charge in [0.25, 0.3) is 0 Å². The monoisotopic (exact) mass is 638 g/mol. The van der Waals surface area contributed by atoms with Crippen LogP contribution in [0.2, 0.25) is 0 Å². The lowest BCUT2D eigenvalue weighted by molar-refractivity contribution is -0.0477. The summed E-state index contributed by atoms with van der Waals surface area (Å²) >= 11 is 0. The lowest BCUT2D eigenvalue weighted by atomic mass is 9.91. The van der Waals surface area contributed by atoms with Crippen LogP contribution < -0.4 is 9.80 Å². The maximum Gasteiger partial charge on any atom is 0.414 e. The molecular formula is C36H42N6O5. The predicted octanol–water partition coefficient (Wildman–Crippen LogP) is 6.19. The van der Waals surface area contributed by atoms with Crippen LogP contribution in [0, 0.1) is 0 Å². The molecule has 2 fully saturated rings. The van der Waals surface area contributed by atoms with E-state index in [1.165, 1.54) is 18.7 Å². The molecule has 11 nitrogen and oxygen atoms in total. The van der Waals surface area contributed by atoms with E-state index < -0.39 is 5.97 Å². The molecule has 0 bridgehead atoms. The fraction of sp³-hybridized carbons (Fsp3) is 0.472. The highest BCUT2D eigenvalue weighted by Crippen LogP contribution is 2.40. The van der Waals surface area contributed by atoms with Gasteiger partial charge in [-0.05, 0) is 88.1 Å². The van der Waals surface area contributed by atoms with Crippen LogP contribution in [-0.4, -0.2) is 75.4 Å². The Morgan fingerprint density at radius 3 is 2.47 bits per heavy atom. The Kier molecular flexibility index (Phi) is 8.81. The van der Waals surface area contributed by atoms with Crippen molar-refractivity contribution in [2.24, 2.45) is 0 Å². The first-order chi connectivity index (χ1) is 22.9. The van der Waals surface area contributed by atoms with E-state index in [-0.39, 0.29) is 36.1 Å². The Bertz CT molecular complexity index is 1730. The Morgan fingerprint density at radius 1 is 0.936 bits per heavy atom. The van der Waals surface area contributed by atoms with Crippen molar-refractivity contribution in [2.75, 3.05) is 30.0 Å². The minimum absolute atomic E-state index is 0.0472. The van der Waals surface area contributed by atoms with Gasteiger partial charge in [0.05, 0.1) is 36.0 Å². The summed E-state index contributed by atoms with van der Waals surface area (Å²) < 4.78 is 14.4. The molecule has 4 aromatic rings. The van der Waals surface area contributed by atoms with Gasteiger partial charge in [-0.3, -0.25) is 4.90 Å². The number of hydrogen-bond donors (Lipinski definition) is 1. The van der Waals surface area contributed by atoms with Crippen LogP contribution in [0.25, 0.3) is 11.0 Å². The number of anilines is 2. The summed E-state index contributed by atoms with van der Waals surface area (Å²) in [6, 6.07) is 18.3. The number of imidazole rings is 1. The number of hydrogen-bond acceptors (Lipinski definition) is 8. The number of carbonyl (C=O) groups is 2. The number of amides is 1. The molecule has 1 saturated heterocycles. The first-order valence-corrected chi connectivity index (χ1v) is 16.8. The Morgan fingerprint density at radius 2 is 1.74 bits per heavy atom. The van der Waals surface area contributed by atoms with E-state index >= 15 is 0 Å². The van der Waals surface area contributed by atoms with Gasteiger partial charge in [0.1, 0.15) is 5.82 Å². The standard InChI is InChI=1S/C36H42N6O5/c1-23-11-12-28-30(41(23)36(45)46-2)14-15-31-34(28)37-33(21-24-7-4-3-5-8-24)42(31)25-9-6-10-27(22-25)47-26-17-19-40(20-18-26)32-16-13-29(35(43)44)38-39-32/h3-5,7-8,13-16,23,25-27H,6,9-12,17-22H2,1-2H3,(H,43,44)/t23-,25+,27-/m0/s1. The zero-order valence-corrected chi connectivity index (χ0v) is 27.0. The SMILES string of the molecule is COC(=O)N1c2ccc3c(nc(Cc4ccccc4)n3[C@@H]3CCC[C@H](OC4CCN(c5ccc(C(=O)O)nn5)CC4)C3)c2CC[C@@H]1C. The summed E-state index contributed by atoms with van der Waals surface area (Å²) in [4.78, 5) is 33.2. The highest BCUT2D eigenvalue weighted by Gasteiger charge is 2.34. The van der Waals surface area contributed by atoms with E-state index in [2.05, 4.69) is 63.0 Å². The van der Waals surface area contributed by atoms with Crippen LogP contribution in [0.1, 0.15) is 85.4 Å². The number of rotatable bonds is 7. The summed E-state index contributed by atoms with van der Waals surface area (Å²) in [6.07, 6.45) is 8.37. The quantitative estimate of drug-likeness (QED) is 0.252. The maximum atomic E-state index is 12.8. The molecule has 0 radical (unpaired) electrons. The lowest BCUT2D eigenvalue weighted by Gasteiger charge is -2.37. The topological polar surface area (TPSA) is 123 Å². The number of carbonyl (C=O) groups excluding carboxylic acids is 1. The lowest BCUT2D eigenvalue weighted by Crippen LogP contribution is -2.42. The zero-order chi connectivity index (χ0) is 32.5. The van der Waals surface area contributed by atoms with Gasteiger partial charge in [-0.1, -0.05) is 30.3 Å². The molecule has 0 unspecified atom stereocenters. The first kappa shape index (κ1) is 31.1. The molecule has 246 valence electrons. The molecule has 7 rings (SSSR count). The van der Waals surface area contributed by atoms with E-state index in [9.17, 15) is 9.59 Å². The summed E-state index contributed by atoms with van der Waals surface area (Å²) in [6.45, 7) is 3.66. The van der Waals surface area contributed by atoms with E-state index in [0.717, 1.165) is 99.0 Å². The van der Waals surface area contributed by atoms with E-state index in [1.54, 1.807) is 11.0 Å².